The van der Waals surface area contributed by atoms with Crippen molar-refractivity contribution in [3.63, 3.8) is 0 Å². The second-order valence-corrected chi connectivity index (χ2v) is 9.46. The number of sulfonamides is 1. The average molecular weight is 462 g/mol. The third-order valence-electron chi connectivity index (χ3n) is 4.73. The second kappa shape index (κ2) is 8.56. The van der Waals surface area contributed by atoms with Crippen molar-refractivity contribution in [2.75, 3.05) is 4.72 Å². The van der Waals surface area contributed by atoms with Crippen LogP contribution in [0.4, 0.5) is 13.9 Å². The standard InChI is InChI=1S/C21H17F2N3O3S2/c22-18-12-15-5-8-26(20(15)13-19(18)23)9-6-16(27)11-14-1-3-17(4-2-14)31(28,29)25-21-24-7-10-30-21/h1-5,7-8,10,12-13H,6,9,11H2,(H,24,25). The number of aromatic nitrogens is 2. The van der Waals surface area contributed by atoms with Crippen molar-refractivity contribution in [1.29, 1.82) is 0 Å². The summed E-state index contributed by atoms with van der Waals surface area (Å²) in [6.07, 6.45) is 3.53. The number of rotatable bonds is 8. The Hall–Kier alpha value is -3.11. The van der Waals surface area contributed by atoms with Crippen LogP contribution in [0.1, 0.15) is 12.0 Å². The Labute approximate surface area is 181 Å². The zero-order chi connectivity index (χ0) is 22.0. The fraction of sp³-hybridized carbons (Fsp3) is 0.143. The molecule has 160 valence electrons. The van der Waals surface area contributed by atoms with Gasteiger partial charge in [-0.3, -0.25) is 9.52 Å². The van der Waals surface area contributed by atoms with Crippen molar-refractivity contribution in [2.24, 2.45) is 0 Å². The minimum Gasteiger partial charge on any atom is -0.347 e. The molecule has 4 rings (SSSR count). The number of anilines is 1. The molecule has 0 saturated carbocycles. The fourth-order valence-corrected chi connectivity index (χ4v) is 4.96. The third kappa shape index (κ3) is 4.80. The van der Waals surface area contributed by atoms with Crippen molar-refractivity contribution in [3.8, 4) is 0 Å². The predicted octanol–water partition coefficient (Wildman–Crippen LogP) is 4.38. The zero-order valence-corrected chi connectivity index (χ0v) is 17.7. The van der Waals surface area contributed by atoms with Gasteiger partial charge in [0.05, 0.1) is 10.4 Å². The molecule has 2 aromatic carbocycles. The van der Waals surface area contributed by atoms with Crippen molar-refractivity contribution in [1.82, 2.24) is 9.55 Å². The third-order valence-corrected chi connectivity index (χ3v) is 6.91. The van der Waals surface area contributed by atoms with Gasteiger partial charge in [0.1, 0.15) is 5.78 Å². The number of nitrogens with zero attached hydrogens (tertiary/aromatic N) is 2. The Bertz CT molecular complexity index is 1330. The van der Waals surface area contributed by atoms with Gasteiger partial charge in [0.15, 0.2) is 16.8 Å². The molecule has 0 unspecified atom stereocenters. The van der Waals surface area contributed by atoms with Crippen LogP contribution < -0.4 is 4.72 Å². The molecule has 0 aliphatic carbocycles. The summed E-state index contributed by atoms with van der Waals surface area (Å²) in [5.41, 5.74) is 1.21. The summed E-state index contributed by atoms with van der Waals surface area (Å²) in [5.74, 6) is -1.90. The number of halogens is 2. The maximum atomic E-state index is 13.5. The van der Waals surface area contributed by atoms with E-state index in [1.807, 2.05) is 0 Å². The van der Waals surface area contributed by atoms with Crippen LogP contribution in [0.2, 0.25) is 0 Å². The quantitative estimate of drug-likeness (QED) is 0.422. The number of thiazole rings is 1. The molecular formula is C21H17F2N3O3S2. The van der Waals surface area contributed by atoms with Gasteiger partial charge < -0.3 is 4.57 Å². The normalized spacial score (nSPS) is 11.7. The van der Waals surface area contributed by atoms with Gasteiger partial charge in [-0.15, -0.1) is 11.3 Å². The monoisotopic (exact) mass is 461 g/mol. The van der Waals surface area contributed by atoms with Crippen molar-refractivity contribution >= 4 is 43.2 Å². The largest absolute Gasteiger partial charge is 0.347 e. The Balaban J connectivity index is 1.37. The van der Waals surface area contributed by atoms with Crippen LogP contribution in [0.5, 0.6) is 0 Å². The molecule has 0 aliphatic heterocycles. The van der Waals surface area contributed by atoms with Gasteiger partial charge in [0, 0.05) is 48.6 Å². The Morgan fingerprint density at radius 3 is 2.55 bits per heavy atom. The Morgan fingerprint density at radius 2 is 1.84 bits per heavy atom. The number of ketones is 1. The number of Topliss-reactive ketones (excluding diaryl/α,β-unsaturated/α-hetero) is 1. The lowest BCUT2D eigenvalue weighted by Gasteiger charge is -2.08. The topological polar surface area (TPSA) is 81.1 Å². The first kappa shape index (κ1) is 21.1. The summed E-state index contributed by atoms with van der Waals surface area (Å²) in [7, 11) is -3.74. The first-order valence-electron chi connectivity index (χ1n) is 9.29. The molecule has 6 nitrogen and oxygen atoms in total. The smallest absolute Gasteiger partial charge is 0.263 e. The average Bonchev–Trinajstić information content (AvgIpc) is 3.37. The van der Waals surface area contributed by atoms with Crippen LogP contribution in [0.3, 0.4) is 0 Å². The highest BCUT2D eigenvalue weighted by atomic mass is 32.2. The summed E-state index contributed by atoms with van der Waals surface area (Å²) in [6.45, 7) is 0.331. The van der Waals surface area contributed by atoms with E-state index in [-0.39, 0.29) is 28.7 Å². The first-order valence-corrected chi connectivity index (χ1v) is 11.6. The summed E-state index contributed by atoms with van der Waals surface area (Å²) in [5, 5.41) is 2.51. The van der Waals surface area contributed by atoms with Crippen LogP contribution in [0.15, 0.2) is 65.1 Å². The number of benzene rings is 2. The van der Waals surface area contributed by atoms with E-state index in [1.165, 1.54) is 29.7 Å². The molecule has 0 bridgehead atoms. The van der Waals surface area contributed by atoms with Crippen molar-refractivity contribution in [3.05, 3.63) is 77.4 Å². The molecule has 4 aromatic rings. The number of carbonyl (C=O) groups is 1. The van der Waals surface area contributed by atoms with E-state index in [1.54, 1.807) is 34.3 Å². The van der Waals surface area contributed by atoms with Crippen LogP contribution in [0, 0.1) is 11.6 Å². The minimum absolute atomic E-state index is 0.0547. The predicted molar refractivity (Wildman–Crippen MR) is 115 cm³/mol. The van der Waals surface area contributed by atoms with Gasteiger partial charge in [-0.2, -0.15) is 0 Å². The van der Waals surface area contributed by atoms with Crippen LogP contribution in [-0.2, 0) is 27.8 Å². The van der Waals surface area contributed by atoms with Gasteiger partial charge >= 0.3 is 0 Å². The van der Waals surface area contributed by atoms with Gasteiger partial charge in [0.25, 0.3) is 10.0 Å². The van der Waals surface area contributed by atoms with Gasteiger partial charge in [0.2, 0.25) is 0 Å². The zero-order valence-electron chi connectivity index (χ0n) is 16.1. The molecule has 2 aromatic heterocycles. The van der Waals surface area contributed by atoms with E-state index < -0.39 is 21.7 Å². The number of hydrogen-bond acceptors (Lipinski definition) is 5. The van der Waals surface area contributed by atoms with E-state index in [0.29, 0.717) is 23.0 Å². The van der Waals surface area contributed by atoms with E-state index >= 15 is 0 Å². The van der Waals surface area contributed by atoms with Crippen molar-refractivity contribution < 1.29 is 22.0 Å². The molecule has 2 heterocycles. The maximum absolute atomic E-state index is 13.5. The number of carbonyl (C=O) groups excluding carboxylic acids is 1. The second-order valence-electron chi connectivity index (χ2n) is 6.89. The van der Waals surface area contributed by atoms with Crippen LogP contribution in [-0.4, -0.2) is 23.8 Å². The molecule has 0 atom stereocenters. The minimum atomic E-state index is -3.74. The van der Waals surface area contributed by atoms with E-state index in [0.717, 1.165) is 12.1 Å². The van der Waals surface area contributed by atoms with Gasteiger partial charge in [-0.25, -0.2) is 22.2 Å². The molecule has 0 radical (unpaired) electrons. The first-order chi connectivity index (χ1) is 14.8. The van der Waals surface area contributed by atoms with Gasteiger partial charge in [-0.05, 0) is 29.8 Å². The fourth-order valence-electron chi connectivity index (χ4n) is 3.17. The van der Waals surface area contributed by atoms with Gasteiger partial charge in [-0.1, -0.05) is 12.1 Å². The molecule has 10 heteroatoms. The summed E-state index contributed by atoms with van der Waals surface area (Å²) in [4.78, 5) is 16.3. The highest BCUT2D eigenvalue weighted by Crippen LogP contribution is 2.21. The van der Waals surface area contributed by atoms with Crippen LogP contribution >= 0.6 is 11.3 Å². The lowest BCUT2D eigenvalue weighted by Crippen LogP contribution is -2.13. The Kier molecular flexibility index (Phi) is 5.84. The van der Waals surface area contributed by atoms with E-state index in [4.69, 9.17) is 0 Å². The molecule has 0 spiro atoms. The Morgan fingerprint density at radius 1 is 1.10 bits per heavy atom. The lowest BCUT2D eigenvalue weighted by atomic mass is 10.1. The van der Waals surface area contributed by atoms with Crippen molar-refractivity contribution in [2.45, 2.75) is 24.3 Å². The number of aryl methyl sites for hydroxylation is 1. The lowest BCUT2D eigenvalue weighted by molar-refractivity contribution is -0.118. The SMILES string of the molecule is O=C(CCn1ccc2cc(F)c(F)cc21)Cc1ccc(S(=O)(=O)Nc2nccs2)cc1. The number of nitrogens with one attached hydrogen (secondary N) is 1. The van der Waals surface area contributed by atoms with E-state index in [2.05, 4.69) is 9.71 Å². The molecule has 0 saturated heterocycles. The molecule has 1 N–H and O–H groups in total. The summed E-state index contributed by atoms with van der Waals surface area (Å²) in [6, 6.07) is 9.98. The molecule has 31 heavy (non-hydrogen) atoms. The molecule has 0 aliphatic rings. The highest BCUT2D eigenvalue weighted by molar-refractivity contribution is 7.93. The van der Waals surface area contributed by atoms with E-state index in [9.17, 15) is 22.0 Å². The van der Waals surface area contributed by atoms with Crippen LogP contribution in [0.25, 0.3) is 10.9 Å². The molecule has 0 amide bonds. The summed E-state index contributed by atoms with van der Waals surface area (Å²) >= 11 is 1.17. The molecular weight excluding hydrogens is 444 g/mol. The molecule has 0 fully saturated rings. The highest BCUT2D eigenvalue weighted by Gasteiger charge is 2.16. The maximum Gasteiger partial charge on any atom is 0.263 e. The number of fused-ring (bicyclic) bond motifs is 1. The summed E-state index contributed by atoms with van der Waals surface area (Å²) < 4.78 is 55.6. The number of hydrogen-bond donors (Lipinski definition) is 1.